The van der Waals surface area contributed by atoms with Gasteiger partial charge in [-0.2, -0.15) is 0 Å². The Labute approximate surface area is 146 Å². The molecule has 2 bridgehead atoms. The molecule has 3 atom stereocenters. The van der Waals surface area contributed by atoms with Crippen molar-refractivity contribution in [3.63, 3.8) is 0 Å². The molecule has 2 aliphatic rings. The van der Waals surface area contributed by atoms with Gasteiger partial charge in [-0.3, -0.25) is 14.0 Å². The first-order chi connectivity index (χ1) is 11.9. The number of nitrogens with zero attached hydrogens (tertiary/aromatic N) is 3. The molecule has 0 unspecified atom stereocenters. The van der Waals surface area contributed by atoms with Gasteiger partial charge in [0.05, 0.1) is 11.1 Å². The molecule has 2 aromatic rings. The number of aromatic nitrogens is 2. The summed E-state index contributed by atoms with van der Waals surface area (Å²) in [6.45, 7) is 5.76. The molecule has 0 spiro atoms. The van der Waals surface area contributed by atoms with Crippen molar-refractivity contribution < 1.29 is 14.7 Å². The van der Waals surface area contributed by atoms with E-state index in [1.165, 1.54) is 0 Å². The zero-order valence-corrected chi connectivity index (χ0v) is 14.8. The van der Waals surface area contributed by atoms with E-state index in [1.54, 1.807) is 0 Å². The number of carbonyl (C=O) groups is 2. The number of hydrogen-bond acceptors (Lipinski definition) is 3. The monoisotopic (exact) mass is 341 g/mol. The first-order valence-electron chi connectivity index (χ1n) is 8.90. The molecule has 6 nitrogen and oxygen atoms in total. The van der Waals surface area contributed by atoms with E-state index >= 15 is 0 Å². The maximum Gasteiger partial charge on any atom is 0.311 e. The highest BCUT2D eigenvalue weighted by molar-refractivity contribution is 5.96. The summed E-state index contributed by atoms with van der Waals surface area (Å²) in [6, 6.07) is 3.71. The molecule has 0 radical (unpaired) electrons. The average Bonchev–Trinajstić information content (AvgIpc) is 3.22. The van der Waals surface area contributed by atoms with Crippen LogP contribution in [0.25, 0.3) is 5.65 Å². The lowest BCUT2D eigenvalue weighted by atomic mass is 9.72. The number of fused-ring (bicyclic) bond motifs is 3. The van der Waals surface area contributed by atoms with Crippen molar-refractivity contribution in [3.05, 3.63) is 35.3 Å². The van der Waals surface area contributed by atoms with Crippen LogP contribution >= 0.6 is 0 Å². The van der Waals surface area contributed by atoms with Crippen molar-refractivity contribution >= 4 is 17.5 Å². The quantitative estimate of drug-likeness (QED) is 0.931. The Morgan fingerprint density at radius 1 is 1.36 bits per heavy atom. The molecule has 4 heterocycles. The van der Waals surface area contributed by atoms with Crippen LogP contribution in [-0.2, 0) is 4.79 Å². The van der Waals surface area contributed by atoms with Crippen molar-refractivity contribution in [1.29, 1.82) is 0 Å². The summed E-state index contributed by atoms with van der Waals surface area (Å²) < 4.78 is 1.83. The van der Waals surface area contributed by atoms with Gasteiger partial charge >= 0.3 is 5.97 Å². The molecule has 25 heavy (non-hydrogen) atoms. The number of amides is 1. The highest BCUT2D eigenvalue weighted by Crippen LogP contribution is 2.52. The van der Waals surface area contributed by atoms with Crippen molar-refractivity contribution in [1.82, 2.24) is 14.3 Å². The third-order valence-corrected chi connectivity index (χ3v) is 6.19. The fourth-order valence-electron chi connectivity index (χ4n) is 4.89. The van der Waals surface area contributed by atoms with Crippen LogP contribution < -0.4 is 0 Å². The number of carboxylic acids is 1. The number of carbonyl (C=O) groups excluding carboxylic acids is 1. The van der Waals surface area contributed by atoms with E-state index in [9.17, 15) is 14.7 Å². The largest absolute Gasteiger partial charge is 0.481 e. The first kappa shape index (κ1) is 16.1. The van der Waals surface area contributed by atoms with E-state index in [2.05, 4.69) is 4.98 Å². The first-order valence-corrected chi connectivity index (χ1v) is 8.90. The second kappa shape index (κ2) is 5.31. The minimum Gasteiger partial charge on any atom is -0.481 e. The van der Waals surface area contributed by atoms with E-state index in [0.29, 0.717) is 24.2 Å². The van der Waals surface area contributed by atoms with Crippen LogP contribution in [0.1, 0.15) is 54.4 Å². The summed E-state index contributed by atoms with van der Waals surface area (Å²) in [7, 11) is 0. The predicted octanol–water partition coefficient (Wildman–Crippen LogP) is 2.81. The van der Waals surface area contributed by atoms with Gasteiger partial charge in [0, 0.05) is 18.3 Å². The Kier molecular flexibility index (Phi) is 3.42. The Hall–Kier alpha value is -2.37. The molecule has 0 aliphatic carbocycles. The second-order valence-electron chi connectivity index (χ2n) is 7.46. The van der Waals surface area contributed by atoms with Gasteiger partial charge in [0.2, 0.25) is 0 Å². The molecule has 2 fully saturated rings. The Bertz CT molecular complexity index is 887. The molecule has 2 saturated heterocycles. The van der Waals surface area contributed by atoms with E-state index in [0.717, 1.165) is 24.1 Å². The van der Waals surface area contributed by atoms with Crippen molar-refractivity contribution in [2.24, 2.45) is 5.41 Å². The lowest BCUT2D eigenvalue weighted by Gasteiger charge is -2.32. The zero-order chi connectivity index (χ0) is 17.9. The lowest BCUT2D eigenvalue weighted by molar-refractivity contribution is -0.151. The number of aryl methyl sites for hydroxylation is 2. The standard InChI is InChI=1S/C19H23N3O3/c1-4-19(18(24)25)10-13-5-6-14(19)22(13)17(23)16-12(3)20-15-9-11(2)7-8-21(15)16/h7-9,13-14H,4-6,10H2,1-3H3,(H,24,25)/t13-,14+,19+/m0/s1. The third-order valence-electron chi connectivity index (χ3n) is 6.19. The summed E-state index contributed by atoms with van der Waals surface area (Å²) >= 11 is 0. The van der Waals surface area contributed by atoms with Crippen LogP contribution in [0.3, 0.4) is 0 Å². The van der Waals surface area contributed by atoms with Crippen LogP contribution in [0.5, 0.6) is 0 Å². The van der Waals surface area contributed by atoms with Crippen LogP contribution in [0, 0.1) is 19.3 Å². The van der Waals surface area contributed by atoms with E-state index in [4.69, 9.17) is 0 Å². The molecule has 132 valence electrons. The molecule has 0 aromatic carbocycles. The Balaban J connectivity index is 1.78. The smallest absolute Gasteiger partial charge is 0.311 e. The summed E-state index contributed by atoms with van der Waals surface area (Å²) in [5.41, 5.74) is 2.30. The maximum atomic E-state index is 13.4. The van der Waals surface area contributed by atoms with Crippen LogP contribution in [-0.4, -0.2) is 43.4 Å². The fraction of sp³-hybridized carbons (Fsp3) is 0.526. The van der Waals surface area contributed by atoms with E-state index < -0.39 is 11.4 Å². The summed E-state index contributed by atoms with van der Waals surface area (Å²) in [4.78, 5) is 31.7. The lowest BCUT2D eigenvalue weighted by Crippen LogP contribution is -2.45. The summed E-state index contributed by atoms with van der Waals surface area (Å²) in [5.74, 6) is -0.858. The predicted molar refractivity (Wildman–Crippen MR) is 92.6 cm³/mol. The zero-order valence-electron chi connectivity index (χ0n) is 14.8. The topological polar surface area (TPSA) is 74.9 Å². The molecular formula is C19H23N3O3. The number of imidazole rings is 1. The number of carboxylic acid groups (broad SMARTS) is 1. The molecule has 1 amide bonds. The van der Waals surface area contributed by atoms with E-state index in [1.807, 2.05) is 48.4 Å². The third kappa shape index (κ3) is 2.06. The maximum absolute atomic E-state index is 13.4. The second-order valence-corrected chi connectivity index (χ2v) is 7.46. The minimum absolute atomic E-state index is 0.0175. The molecule has 2 aromatic heterocycles. The molecule has 0 saturated carbocycles. The highest BCUT2D eigenvalue weighted by Gasteiger charge is 2.60. The van der Waals surface area contributed by atoms with Crippen molar-refractivity contribution in [2.75, 3.05) is 0 Å². The van der Waals surface area contributed by atoms with Gasteiger partial charge in [-0.25, -0.2) is 4.98 Å². The normalized spacial score (nSPS) is 28.0. The summed E-state index contributed by atoms with van der Waals surface area (Å²) in [5, 5.41) is 9.82. The summed E-state index contributed by atoms with van der Waals surface area (Å²) in [6.07, 6.45) is 4.65. The number of hydrogen-bond donors (Lipinski definition) is 1. The van der Waals surface area contributed by atoms with E-state index in [-0.39, 0.29) is 18.0 Å². The van der Waals surface area contributed by atoms with Gasteiger partial charge in [0.1, 0.15) is 11.3 Å². The molecule has 4 rings (SSSR count). The minimum atomic E-state index is -0.802. The molecule has 1 N–H and O–H groups in total. The van der Waals surface area contributed by atoms with Crippen LogP contribution in [0.2, 0.25) is 0 Å². The average molecular weight is 341 g/mol. The van der Waals surface area contributed by atoms with Crippen LogP contribution in [0.15, 0.2) is 18.3 Å². The van der Waals surface area contributed by atoms with Gasteiger partial charge in [-0.15, -0.1) is 0 Å². The van der Waals surface area contributed by atoms with Gasteiger partial charge < -0.3 is 10.0 Å². The van der Waals surface area contributed by atoms with Crippen molar-refractivity contribution in [3.8, 4) is 0 Å². The fourth-order valence-corrected chi connectivity index (χ4v) is 4.89. The van der Waals surface area contributed by atoms with Crippen molar-refractivity contribution in [2.45, 2.75) is 58.5 Å². The number of pyridine rings is 1. The molecule has 6 heteroatoms. The molecule has 2 aliphatic heterocycles. The van der Waals surface area contributed by atoms with Gasteiger partial charge in [0.25, 0.3) is 5.91 Å². The van der Waals surface area contributed by atoms with Gasteiger partial charge in [0.15, 0.2) is 0 Å². The van der Waals surface area contributed by atoms with Gasteiger partial charge in [-0.1, -0.05) is 6.92 Å². The van der Waals surface area contributed by atoms with Gasteiger partial charge in [-0.05, 0) is 57.2 Å². The number of rotatable bonds is 3. The van der Waals surface area contributed by atoms with Crippen LogP contribution in [0.4, 0.5) is 0 Å². The highest BCUT2D eigenvalue weighted by atomic mass is 16.4. The Morgan fingerprint density at radius 3 is 2.76 bits per heavy atom. The SMILES string of the molecule is CC[C@@]1(C(=O)O)C[C@@H]2CC[C@H]1N2C(=O)c1c(C)nc2cc(C)ccn12. The Morgan fingerprint density at radius 2 is 2.12 bits per heavy atom. The number of aliphatic carboxylic acids is 1. The molecular weight excluding hydrogens is 318 g/mol.